The molecule has 0 saturated carbocycles. The van der Waals surface area contributed by atoms with Crippen molar-refractivity contribution in [2.45, 2.75) is 20.8 Å². The number of benzene rings is 3. The molecule has 0 aliphatic heterocycles. The summed E-state index contributed by atoms with van der Waals surface area (Å²) >= 11 is 0. The van der Waals surface area contributed by atoms with Crippen LogP contribution in [0.5, 0.6) is 0 Å². The van der Waals surface area contributed by atoms with Crippen LogP contribution in [-0.4, -0.2) is 4.98 Å². The number of aromatic nitrogens is 1. The molecule has 0 aliphatic rings. The van der Waals surface area contributed by atoms with Gasteiger partial charge in [0.2, 0.25) is 0 Å². The number of hydrogen-bond donors (Lipinski definition) is 0. The summed E-state index contributed by atoms with van der Waals surface area (Å²) < 4.78 is 0. The molecule has 0 spiro atoms. The van der Waals surface area contributed by atoms with E-state index in [1.807, 2.05) is 6.20 Å². The van der Waals surface area contributed by atoms with Gasteiger partial charge in [-0.15, -0.1) is 5.56 Å². The summed E-state index contributed by atoms with van der Waals surface area (Å²) in [5.41, 5.74) is 10.8. The molecule has 0 bridgehead atoms. The fourth-order valence-electron chi connectivity index (χ4n) is 3.68. The van der Waals surface area contributed by atoms with Crippen LogP contribution < -0.4 is 0 Å². The van der Waals surface area contributed by atoms with Crippen LogP contribution in [0, 0.1) is 27.0 Å². The minimum Gasteiger partial charge on any atom is -0.359 e. The van der Waals surface area contributed by atoms with Gasteiger partial charge in [-0.1, -0.05) is 106 Å². The first kappa shape index (κ1) is 20.2. The molecule has 1 radical (unpaired) electrons. The molecular weight excluding hydrogens is 519 g/mol. The van der Waals surface area contributed by atoms with Gasteiger partial charge in [0.25, 0.3) is 0 Å². The van der Waals surface area contributed by atoms with Gasteiger partial charge in [-0.2, -0.15) is 0 Å². The van der Waals surface area contributed by atoms with Crippen molar-refractivity contribution < 1.29 is 20.1 Å². The van der Waals surface area contributed by atoms with Gasteiger partial charge in [-0.25, -0.2) is 0 Å². The van der Waals surface area contributed by atoms with Gasteiger partial charge < -0.3 is 4.98 Å². The molecule has 1 heterocycles. The van der Waals surface area contributed by atoms with Crippen molar-refractivity contribution in [2.75, 3.05) is 0 Å². The average molecular weight is 541 g/mol. The Kier molecular flexibility index (Phi) is 6.24. The monoisotopic (exact) mass is 541 g/mol. The summed E-state index contributed by atoms with van der Waals surface area (Å²) in [5, 5.41) is 0. The van der Waals surface area contributed by atoms with Gasteiger partial charge in [0, 0.05) is 20.1 Å². The predicted molar refractivity (Wildman–Crippen MR) is 114 cm³/mol. The van der Waals surface area contributed by atoms with Crippen molar-refractivity contribution in [3.05, 3.63) is 102 Å². The van der Waals surface area contributed by atoms with Crippen LogP contribution in [0.3, 0.4) is 0 Å². The molecule has 0 unspecified atom stereocenters. The van der Waals surface area contributed by atoms with Crippen LogP contribution in [0.25, 0.3) is 33.4 Å². The van der Waals surface area contributed by atoms with Crippen LogP contribution in [0.4, 0.5) is 0 Å². The maximum atomic E-state index is 4.51. The van der Waals surface area contributed by atoms with Crippen molar-refractivity contribution in [3.63, 3.8) is 0 Å². The average Bonchev–Trinajstić information content (AvgIpc) is 2.69. The normalized spacial score (nSPS) is 10.4. The molecule has 141 valence electrons. The Balaban J connectivity index is 0.00000225. The van der Waals surface area contributed by atoms with E-state index in [0.717, 1.165) is 11.1 Å². The van der Waals surface area contributed by atoms with Crippen LogP contribution in [0.15, 0.2) is 79.0 Å². The minimum atomic E-state index is 0. The van der Waals surface area contributed by atoms with Crippen LogP contribution >= 0.6 is 0 Å². The van der Waals surface area contributed by atoms with Gasteiger partial charge in [-0.05, 0) is 44.3 Å². The quantitative estimate of drug-likeness (QED) is 0.260. The Hall–Kier alpha value is -2.54. The third kappa shape index (κ3) is 3.71. The molecular formula is C26H22IrN-. The third-order valence-electron chi connectivity index (χ3n) is 5.15. The number of aryl methyl sites for hydroxylation is 3. The molecule has 0 aliphatic carbocycles. The summed E-state index contributed by atoms with van der Waals surface area (Å²) in [6.45, 7) is 6.46. The SMILES string of the molecule is Cc1ccccc1-c1[c-]ncc(-c2ccccc2C)c1-c1ccccc1C.[Ir]. The predicted octanol–water partition coefficient (Wildman–Crippen LogP) is 6.81. The molecule has 4 aromatic rings. The zero-order valence-electron chi connectivity index (χ0n) is 16.3. The number of rotatable bonds is 3. The maximum Gasteiger partial charge on any atom is 0 e. The molecule has 0 fully saturated rings. The molecule has 1 aromatic heterocycles. The summed E-state index contributed by atoms with van der Waals surface area (Å²) in [4.78, 5) is 4.51. The molecule has 0 N–H and O–H groups in total. The van der Waals surface area contributed by atoms with E-state index in [2.05, 4.69) is 105 Å². The Morgan fingerprint density at radius 2 is 1.04 bits per heavy atom. The summed E-state index contributed by atoms with van der Waals surface area (Å²) in [5.74, 6) is 0. The van der Waals surface area contributed by atoms with Crippen molar-refractivity contribution in [1.29, 1.82) is 0 Å². The van der Waals surface area contributed by atoms with Gasteiger partial charge in [0.05, 0.1) is 0 Å². The zero-order valence-corrected chi connectivity index (χ0v) is 18.7. The Bertz CT molecular complexity index is 1050. The Labute approximate surface area is 180 Å². The third-order valence-corrected chi connectivity index (χ3v) is 5.15. The Morgan fingerprint density at radius 1 is 0.571 bits per heavy atom. The molecule has 4 rings (SSSR count). The first-order valence-electron chi connectivity index (χ1n) is 9.25. The van der Waals surface area contributed by atoms with E-state index in [1.165, 1.54) is 38.9 Å². The van der Waals surface area contributed by atoms with E-state index in [-0.39, 0.29) is 20.1 Å². The van der Waals surface area contributed by atoms with E-state index < -0.39 is 0 Å². The van der Waals surface area contributed by atoms with Gasteiger partial charge >= 0.3 is 0 Å². The van der Waals surface area contributed by atoms with E-state index in [1.54, 1.807) is 0 Å². The van der Waals surface area contributed by atoms with Crippen LogP contribution in [0.1, 0.15) is 16.7 Å². The van der Waals surface area contributed by atoms with E-state index in [4.69, 9.17) is 0 Å². The smallest absolute Gasteiger partial charge is 0 e. The second-order valence-corrected chi connectivity index (χ2v) is 6.98. The zero-order chi connectivity index (χ0) is 18.8. The minimum absolute atomic E-state index is 0. The van der Waals surface area contributed by atoms with Crippen molar-refractivity contribution in [1.82, 2.24) is 4.98 Å². The molecule has 0 saturated heterocycles. The summed E-state index contributed by atoms with van der Waals surface area (Å²) in [7, 11) is 0. The number of pyridine rings is 1. The maximum absolute atomic E-state index is 4.51. The van der Waals surface area contributed by atoms with Crippen LogP contribution in [-0.2, 0) is 20.1 Å². The van der Waals surface area contributed by atoms with Crippen molar-refractivity contribution >= 4 is 0 Å². The molecule has 28 heavy (non-hydrogen) atoms. The van der Waals surface area contributed by atoms with Gasteiger partial charge in [0.15, 0.2) is 0 Å². The standard InChI is InChI=1S/C26H22N.Ir/c1-18-10-4-7-13-21(18)24-16-27-17-25(22-14-8-5-11-19(22)2)26(24)23-15-9-6-12-20(23)3;/h4-16H,1-3H3;/q-1;. The largest absolute Gasteiger partial charge is 0.359 e. The first-order valence-corrected chi connectivity index (χ1v) is 9.25. The summed E-state index contributed by atoms with van der Waals surface area (Å²) in [6.07, 6.45) is 5.25. The van der Waals surface area contributed by atoms with E-state index >= 15 is 0 Å². The fraction of sp³-hybridized carbons (Fsp3) is 0.115. The number of nitrogens with zero attached hydrogens (tertiary/aromatic N) is 1. The van der Waals surface area contributed by atoms with E-state index in [0.29, 0.717) is 0 Å². The number of hydrogen-bond acceptors (Lipinski definition) is 1. The second-order valence-electron chi connectivity index (χ2n) is 6.98. The van der Waals surface area contributed by atoms with Crippen molar-refractivity contribution in [3.8, 4) is 33.4 Å². The first-order chi connectivity index (χ1) is 13.2. The molecule has 0 amide bonds. The fourth-order valence-corrected chi connectivity index (χ4v) is 3.68. The molecule has 0 atom stereocenters. The molecule has 3 aromatic carbocycles. The van der Waals surface area contributed by atoms with Crippen LogP contribution in [0.2, 0.25) is 0 Å². The topological polar surface area (TPSA) is 12.9 Å². The molecule has 1 nitrogen and oxygen atoms in total. The Morgan fingerprint density at radius 3 is 1.57 bits per heavy atom. The molecule has 2 heteroatoms. The van der Waals surface area contributed by atoms with E-state index in [9.17, 15) is 0 Å². The van der Waals surface area contributed by atoms with Crippen molar-refractivity contribution in [2.24, 2.45) is 0 Å². The second kappa shape index (κ2) is 8.65. The van der Waals surface area contributed by atoms with Gasteiger partial charge in [-0.3, -0.25) is 0 Å². The van der Waals surface area contributed by atoms with Gasteiger partial charge in [0.1, 0.15) is 0 Å². The summed E-state index contributed by atoms with van der Waals surface area (Å²) in [6, 6.07) is 25.5.